The van der Waals surface area contributed by atoms with Crippen LogP contribution < -0.4 is 10.6 Å². The first kappa shape index (κ1) is 17.2. The molecule has 0 aliphatic heterocycles. The normalized spacial score (nSPS) is 10.5. The van der Waals surface area contributed by atoms with Crippen LogP contribution in [-0.4, -0.2) is 21.4 Å². The molecular formula is C15H18BrClN4S. The Morgan fingerprint density at radius 1 is 1.41 bits per heavy atom. The number of anilines is 1. The minimum absolute atomic E-state index is 0.600. The molecule has 4 nitrogen and oxygen atoms in total. The molecule has 0 unspecified atom stereocenters. The Bertz CT molecular complexity index is 652. The number of nitrogens with zero attached hydrogens (tertiary/aromatic N) is 2. The number of benzene rings is 1. The topological polar surface area (TPSA) is 41.9 Å². The largest absolute Gasteiger partial charge is 0.362 e. The van der Waals surface area contributed by atoms with Gasteiger partial charge in [0.15, 0.2) is 5.11 Å². The molecule has 0 saturated carbocycles. The standard InChI is InChI=1S/C15H18BrClN4S/c1-10-4-5-12(17)8-14(10)19-15(22)18-6-3-7-21-9-13(16)11(2)20-21/h4-5,8-9H,3,6-7H2,1-2H3,(H2,18,19,22). The van der Waals surface area contributed by atoms with Crippen LogP contribution in [0.25, 0.3) is 0 Å². The van der Waals surface area contributed by atoms with Crippen LogP contribution in [0, 0.1) is 13.8 Å². The molecule has 0 saturated heterocycles. The number of halogens is 2. The van der Waals surface area contributed by atoms with Gasteiger partial charge in [-0.2, -0.15) is 5.10 Å². The van der Waals surface area contributed by atoms with Crippen LogP contribution >= 0.6 is 39.7 Å². The average molecular weight is 402 g/mol. The Labute approximate surface area is 149 Å². The number of rotatable bonds is 5. The smallest absolute Gasteiger partial charge is 0.170 e. The molecule has 2 rings (SSSR count). The van der Waals surface area contributed by atoms with Gasteiger partial charge in [-0.1, -0.05) is 17.7 Å². The van der Waals surface area contributed by atoms with Gasteiger partial charge in [-0.25, -0.2) is 0 Å². The second-order valence-electron chi connectivity index (χ2n) is 5.02. The third kappa shape index (κ3) is 4.97. The summed E-state index contributed by atoms with van der Waals surface area (Å²) in [4.78, 5) is 0. The van der Waals surface area contributed by atoms with Gasteiger partial charge >= 0.3 is 0 Å². The van der Waals surface area contributed by atoms with Gasteiger partial charge in [0.2, 0.25) is 0 Å². The summed E-state index contributed by atoms with van der Waals surface area (Å²) in [6.07, 6.45) is 2.92. The fraction of sp³-hybridized carbons (Fsp3) is 0.333. The molecule has 2 aromatic rings. The molecule has 0 atom stereocenters. The van der Waals surface area contributed by atoms with Crippen LogP contribution in [-0.2, 0) is 6.54 Å². The number of nitrogens with one attached hydrogen (secondary N) is 2. The van der Waals surface area contributed by atoms with E-state index in [0.29, 0.717) is 10.1 Å². The van der Waals surface area contributed by atoms with Crippen molar-refractivity contribution in [2.45, 2.75) is 26.8 Å². The lowest BCUT2D eigenvalue weighted by atomic mass is 10.2. The number of thiocarbonyl (C=S) groups is 1. The molecule has 0 aliphatic rings. The van der Waals surface area contributed by atoms with E-state index in [1.807, 2.05) is 42.9 Å². The van der Waals surface area contributed by atoms with Crippen LogP contribution in [0.4, 0.5) is 5.69 Å². The summed E-state index contributed by atoms with van der Waals surface area (Å²) in [5.41, 5.74) is 3.03. The first-order chi connectivity index (χ1) is 10.5. The minimum Gasteiger partial charge on any atom is -0.362 e. The maximum absolute atomic E-state index is 5.99. The van der Waals surface area contributed by atoms with E-state index in [1.165, 1.54) is 0 Å². The van der Waals surface area contributed by atoms with Crippen molar-refractivity contribution in [3.8, 4) is 0 Å². The number of hydrogen-bond donors (Lipinski definition) is 2. The highest BCUT2D eigenvalue weighted by molar-refractivity contribution is 9.10. The first-order valence-electron chi connectivity index (χ1n) is 6.96. The summed E-state index contributed by atoms with van der Waals surface area (Å²) in [7, 11) is 0. The highest BCUT2D eigenvalue weighted by atomic mass is 79.9. The summed E-state index contributed by atoms with van der Waals surface area (Å²) < 4.78 is 2.97. The summed E-state index contributed by atoms with van der Waals surface area (Å²) in [5.74, 6) is 0. The third-order valence-electron chi connectivity index (χ3n) is 3.18. The predicted molar refractivity (Wildman–Crippen MR) is 99.7 cm³/mol. The van der Waals surface area contributed by atoms with Crippen LogP contribution in [0.5, 0.6) is 0 Å². The van der Waals surface area contributed by atoms with Crippen molar-refractivity contribution in [3.05, 3.63) is 45.1 Å². The quantitative estimate of drug-likeness (QED) is 0.579. The Morgan fingerprint density at radius 2 is 2.18 bits per heavy atom. The second-order valence-corrected chi connectivity index (χ2v) is 6.72. The van der Waals surface area contributed by atoms with Crippen molar-refractivity contribution in [2.75, 3.05) is 11.9 Å². The zero-order valence-electron chi connectivity index (χ0n) is 12.5. The minimum atomic E-state index is 0.600. The van der Waals surface area contributed by atoms with Crippen molar-refractivity contribution in [2.24, 2.45) is 0 Å². The highest BCUT2D eigenvalue weighted by Gasteiger charge is 2.03. The van der Waals surface area contributed by atoms with E-state index in [1.54, 1.807) is 0 Å². The van der Waals surface area contributed by atoms with Gasteiger partial charge in [-0.3, -0.25) is 4.68 Å². The number of hydrogen-bond acceptors (Lipinski definition) is 2. The Kier molecular flexibility index (Phi) is 6.23. The molecule has 0 amide bonds. The highest BCUT2D eigenvalue weighted by Crippen LogP contribution is 2.20. The van der Waals surface area contributed by atoms with Crippen molar-refractivity contribution in [1.29, 1.82) is 0 Å². The van der Waals surface area contributed by atoms with E-state index in [0.717, 1.165) is 40.9 Å². The molecule has 7 heteroatoms. The van der Waals surface area contributed by atoms with E-state index in [2.05, 4.69) is 31.7 Å². The van der Waals surface area contributed by atoms with Gasteiger partial charge in [0, 0.05) is 30.0 Å². The molecule has 22 heavy (non-hydrogen) atoms. The Balaban J connectivity index is 1.75. The number of aryl methyl sites for hydroxylation is 3. The lowest BCUT2D eigenvalue weighted by Crippen LogP contribution is -2.30. The molecule has 0 bridgehead atoms. The summed E-state index contributed by atoms with van der Waals surface area (Å²) in [5, 5.41) is 12.0. The number of aromatic nitrogens is 2. The fourth-order valence-electron chi connectivity index (χ4n) is 1.95. The van der Waals surface area contributed by atoms with E-state index in [-0.39, 0.29) is 0 Å². The SMILES string of the molecule is Cc1ccc(Cl)cc1NC(=S)NCCCn1cc(Br)c(C)n1. The maximum atomic E-state index is 5.99. The molecule has 0 fully saturated rings. The van der Waals surface area contributed by atoms with Crippen molar-refractivity contribution in [1.82, 2.24) is 15.1 Å². The first-order valence-corrected chi connectivity index (χ1v) is 8.54. The second kappa shape index (κ2) is 7.94. The van der Waals surface area contributed by atoms with Crippen LogP contribution in [0.2, 0.25) is 5.02 Å². The summed E-state index contributed by atoms with van der Waals surface area (Å²) in [6, 6.07) is 5.70. The Hall–Kier alpha value is -1.11. The van der Waals surface area contributed by atoms with E-state index < -0.39 is 0 Å². The maximum Gasteiger partial charge on any atom is 0.170 e. The van der Waals surface area contributed by atoms with Gasteiger partial charge in [0.25, 0.3) is 0 Å². The zero-order valence-corrected chi connectivity index (χ0v) is 15.6. The Morgan fingerprint density at radius 3 is 2.86 bits per heavy atom. The van der Waals surface area contributed by atoms with E-state index in [4.69, 9.17) is 23.8 Å². The van der Waals surface area contributed by atoms with E-state index in [9.17, 15) is 0 Å². The molecule has 2 N–H and O–H groups in total. The van der Waals surface area contributed by atoms with Gasteiger partial charge in [-0.15, -0.1) is 0 Å². The zero-order chi connectivity index (χ0) is 16.1. The van der Waals surface area contributed by atoms with Crippen LogP contribution in [0.3, 0.4) is 0 Å². The lowest BCUT2D eigenvalue weighted by Gasteiger charge is -2.12. The van der Waals surface area contributed by atoms with Gasteiger partial charge in [-0.05, 0) is 66.1 Å². The van der Waals surface area contributed by atoms with Crippen molar-refractivity contribution < 1.29 is 0 Å². The summed E-state index contributed by atoms with van der Waals surface area (Å²) >= 11 is 14.7. The molecule has 0 spiro atoms. The lowest BCUT2D eigenvalue weighted by molar-refractivity contribution is 0.570. The predicted octanol–water partition coefficient (Wildman–Crippen LogP) is 4.29. The van der Waals surface area contributed by atoms with Gasteiger partial charge < -0.3 is 10.6 Å². The molecule has 0 radical (unpaired) electrons. The van der Waals surface area contributed by atoms with Crippen molar-refractivity contribution >= 4 is 50.5 Å². The molecule has 1 aromatic carbocycles. The monoisotopic (exact) mass is 400 g/mol. The molecule has 118 valence electrons. The molecule has 1 aromatic heterocycles. The van der Waals surface area contributed by atoms with Gasteiger partial charge in [0.05, 0.1) is 10.2 Å². The van der Waals surface area contributed by atoms with Gasteiger partial charge in [0.1, 0.15) is 0 Å². The third-order valence-corrected chi connectivity index (χ3v) is 4.44. The van der Waals surface area contributed by atoms with E-state index >= 15 is 0 Å². The average Bonchev–Trinajstić information content (AvgIpc) is 2.78. The molecule has 1 heterocycles. The summed E-state index contributed by atoms with van der Waals surface area (Å²) in [6.45, 7) is 5.62. The van der Waals surface area contributed by atoms with Crippen LogP contribution in [0.1, 0.15) is 17.7 Å². The fourth-order valence-corrected chi connectivity index (χ4v) is 2.65. The molecular weight excluding hydrogens is 384 g/mol. The van der Waals surface area contributed by atoms with Crippen molar-refractivity contribution in [3.63, 3.8) is 0 Å². The van der Waals surface area contributed by atoms with Crippen LogP contribution in [0.15, 0.2) is 28.9 Å². The molecule has 0 aliphatic carbocycles.